The summed E-state index contributed by atoms with van der Waals surface area (Å²) in [5.41, 5.74) is 2.18. The lowest BCUT2D eigenvalue weighted by Gasteiger charge is -2.20. The lowest BCUT2D eigenvalue weighted by atomic mass is 10.2. The summed E-state index contributed by atoms with van der Waals surface area (Å²) in [5.74, 6) is -0.255. The van der Waals surface area contributed by atoms with Gasteiger partial charge in [0.05, 0.1) is 11.5 Å². The predicted octanol–water partition coefficient (Wildman–Crippen LogP) is 2.56. The van der Waals surface area contributed by atoms with Gasteiger partial charge in [-0.15, -0.1) is 0 Å². The first-order valence-corrected chi connectivity index (χ1v) is 9.87. The standard InChI is InChI=1S/C19H24N2O4S/c1-4-21(10-11-22)19(23)16-6-5-7-17(13-16)20-26(24,25)18-12-14(2)8-9-15(18)3/h5-9,12-13,20,22H,4,10-11H2,1-3H3. The molecular weight excluding hydrogens is 352 g/mol. The molecule has 2 rings (SSSR count). The molecule has 0 bridgehead atoms. The van der Waals surface area contributed by atoms with E-state index in [1.165, 1.54) is 11.0 Å². The SMILES string of the molecule is CCN(CCO)C(=O)c1cccc(NS(=O)(=O)c2cc(C)ccc2C)c1. The van der Waals surface area contributed by atoms with Crippen LogP contribution in [-0.4, -0.2) is 44.0 Å². The van der Waals surface area contributed by atoms with Crippen LogP contribution in [0.1, 0.15) is 28.4 Å². The molecule has 0 unspecified atom stereocenters. The molecular formula is C19H24N2O4S. The summed E-state index contributed by atoms with van der Waals surface area (Å²) in [5, 5.41) is 9.06. The Morgan fingerprint density at radius 3 is 2.54 bits per heavy atom. The van der Waals surface area contributed by atoms with E-state index in [9.17, 15) is 13.2 Å². The van der Waals surface area contributed by atoms with Gasteiger partial charge in [-0.2, -0.15) is 0 Å². The first-order valence-electron chi connectivity index (χ1n) is 8.38. The molecule has 0 aromatic heterocycles. The Bertz CT molecular complexity index is 894. The van der Waals surface area contributed by atoms with Gasteiger partial charge >= 0.3 is 0 Å². The summed E-state index contributed by atoms with van der Waals surface area (Å²) in [6.45, 7) is 5.95. The second-order valence-corrected chi connectivity index (χ2v) is 7.71. The molecule has 0 heterocycles. The molecule has 2 N–H and O–H groups in total. The number of aliphatic hydroxyl groups is 1. The number of rotatable bonds is 7. The second kappa shape index (κ2) is 8.33. The highest BCUT2D eigenvalue weighted by molar-refractivity contribution is 7.92. The molecule has 7 heteroatoms. The van der Waals surface area contributed by atoms with Crippen molar-refractivity contribution in [1.29, 1.82) is 0 Å². The number of carbonyl (C=O) groups excluding carboxylic acids is 1. The summed E-state index contributed by atoms with van der Waals surface area (Å²) in [4.78, 5) is 14.2. The lowest BCUT2D eigenvalue weighted by molar-refractivity contribution is 0.0732. The number of anilines is 1. The van der Waals surface area contributed by atoms with Gasteiger partial charge in [-0.05, 0) is 56.2 Å². The Kier molecular flexibility index (Phi) is 6.39. The third kappa shape index (κ3) is 4.62. The Hall–Kier alpha value is -2.38. The molecule has 1 amide bonds. The van der Waals surface area contributed by atoms with E-state index in [-0.39, 0.29) is 24.0 Å². The molecule has 0 aliphatic heterocycles. The van der Waals surface area contributed by atoms with Crippen molar-refractivity contribution in [2.45, 2.75) is 25.7 Å². The van der Waals surface area contributed by atoms with E-state index in [2.05, 4.69) is 4.72 Å². The topological polar surface area (TPSA) is 86.7 Å². The smallest absolute Gasteiger partial charge is 0.262 e. The van der Waals surface area contributed by atoms with Crippen LogP contribution in [0.2, 0.25) is 0 Å². The summed E-state index contributed by atoms with van der Waals surface area (Å²) < 4.78 is 28.0. The predicted molar refractivity (Wildman–Crippen MR) is 102 cm³/mol. The van der Waals surface area contributed by atoms with E-state index in [4.69, 9.17) is 5.11 Å². The van der Waals surface area contributed by atoms with Gasteiger partial charge in [0.2, 0.25) is 0 Å². The van der Waals surface area contributed by atoms with Crippen molar-refractivity contribution in [3.63, 3.8) is 0 Å². The number of nitrogens with one attached hydrogen (secondary N) is 1. The fraction of sp³-hybridized carbons (Fsp3) is 0.316. The number of likely N-dealkylation sites (N-methyl/N-ethyl adjacent to an activating group) is 1. The molecule has 2 aromatic rings. The maximum absolute atomic E-state index is 12.7. The molecule has 0 aliphatic carbocycles. The minimum Gasteiger partial charge on any atom is -0.395 e. The monoisotopic (exact) mass is 376 g/mol. The minimum absolute atomic E-state index is 0.126. The van der Waals surface area contributed by atoms with Crippen LogP contribution in [0.15, 0.2) is 47.4 Å². The first kappa shape index (κ1) is 19.9. The highest BCUT2D eigenvalue weighted by Gasteiger charge is 2.19. The van der Waals surface area contributed by atoms with Gasteiger partial charge < -0.3 is 10.0 Å². The highest BCUT2D eigenvalue weighted by Crippen LogP contribution is 2.21. The van der Waals surface area contributed by atoms with E-state index in [0.717, 1.165) is 5.56 Å². The van der Waals surface area contributed by atoms with Gasteiger partial charge in [-0.3, -0.25) is 9.52 Å². The van der Waals surface area contributed by atoms with Crippen LogP contribution in [0.4, 0.5) is 5.69 Å². The Morgan fingerprint density at radius 1 is 1.15 bits per heavy atom. The van der Waals surface area contributed by atoms with Gasteiger partial charge in [0.15, 0.2) is 0 Å². The van der Waals surface area contributed by atoms with E-state index in [1.807, 2.05) is 19.9 Å². The number of hydrogen-bond acceptors (Lipinski definition) is 4. The molecule has 0 radical (unpaired) electrons. The lowest BCUT2D eigenvalue weighted by Crippen LogP contribution is -2.33. The van der Waals surface area contributed by atoms with Crippen molar-refractivity contribution in [3.8, 4) is 0 Å². The highest BCUT2D eigenvalue weighted by atomic mass is 32.2. The van der Waals surface area contributed by atoms with E-state index < -0.39 is 10.0 Å². The maximum atomic E-state index is 12.7. The zero-order valence-electron chi connectivity index (χ0n) is 15.2. The fourth-order valence-corrected chi connectivity index (χ4v) is 4.01. The van der Waals surface area contributed by atoms with Gasteiger partial charge in [-0.25, -0.2) is 8.42 Å². The molecule has 26 heavy (non-hydrogen) atoms. The fourth-order valence-electron chi connectivity index (χ4n) is 2.63. The van der Waals surface area contributed by atoms with Crippen LogP contribution in [0.5, 0.6) is 0 Å². The first-order chi connectivity index (χ1) is 12.3. The van der Waals surface area contributed by atoms with Crippen molar-refractivity contribution in [2.75, 3.05) is 24.4 Å². The Labute approximate surface area is 154 Å². The second-order valence-electron chi connectivity index (χ2n) is 6.06. The van der Waals surface area contributed by atoms with Gasteiger partial charge in [0, 0.05) is 24.3 Å². The molecule has 0 atom stereocenters. The quantitative estimate of drug-likeness (QED) is 0.777. The van der Waals surface area contributed by atoms with Crippen molar-refractivity contribution >= 4 is 21.6 Å². The van der Waals surface area contributed by atoms with Crippen molar-refractivity contribution < 1.29 is 18.3 Å². The van der Waals surface area contributed by atoms with E-state index in [1.54, 1.807) is 37.3 Å². The number of aliphatic hydroxyl groups excluding tert-OH is 1. The molecule has 140 valence electrons. The average Bonchev–Trinajstić information content (AvgIpc) is 2.61. The zero-order valence-corrected chi connectivity index (χ0v) is 16.0. The van der Waals surface area contributed by atoms with Crippen molar-refractivity contribution in [3.05, 3.63) is 59.2 Å². The van der Waals surface area contributed by atoms with Crippen molar-refractivity contribution in [2.24, 2.45) is 0 Å². The third-order valence-electron chi connectivity index (χ3n) is 4.03. The molecule has 0 saturated carbocycles. The Morgan fingerprint density at radius 2 is 1.88 bits per heavy atom. The molecule has 0 aliphatic rings. The van der Waals surface area contributed by atoms with E-state index >= 15 is 0 Å². The van der Waals surface area contributed by atoms with Gasteiger partial charge in [0.1, 0.15) is 0 Å². The van der Waals surface area contributed by atoms with Crippen LogP contribution in [0, 0.1) is 13.8 Å². The molecule has 0 spiro atoms. The molecule has 0 fully saturated rings. The maximum Gasteiger partial charge on any atom is 0.262 e. The number of carbonyl (C=O) groups is 1. The number of sulfonamides is 1. The van der Waals surface area contributed by atoms with Crippen LogP contribution in [-0.2, 0) is 10.0 Å². The largest absolute Gasteiger partial charge is 0.395 e. The number of nitrogens with zero attached hydrogens (tertiary/aromatic N) is 1. The summed E-state index contributed by atoms with van der Waals surface area (Å²) in [7, 11) is -3.76. The number of hydrogen-bond donors (Lipinski definition) is 2. The van der Waals surface area contributed by atoms with Crippen molar-refractivity contribution in [1.82, 2.24) is 4.90 Å². The number of benzene rings is 2. The van der Waals surface area contributed by atoms with Crippen LogP contribution < -0.4 is 4.72 Å². The van der Waals surface area contributed by atoms with Crippen LogP contribution in [0.25, 0.3) is 0 Å². The summed E-state index contributed by atoms with van der Waals surface area (Å²) in [6.07, 6.45) is 0. The van der Waals surface area contributed by atoms with Crippen LogP contribution >= 0.6 is 0 Å². The summed E-state index contributed by atoms with van der Waals surface area (Å²) in [6, 6.07) is 11.6. The van der Waals surface area contributed by atoms with E-state index in [0.29, 0.717) is 23.4 Å². The van der Waals surface area contributed by atoms with Gasteiger partial charge in [-0.1, -0.05) is 18.2 Å². The summed E-state index contributed by atoms with van der Waals surface area (Å²) >= 11 is 0. The normalized spacial score (nSPS) is 11.2. The zero-order chi connectivity index (χ0) is 19.3. The molecule has 2 aromatic carbocycles. The molecule has 0 saturated heterocycles. The molecule has 6 nitrogen and oxygen atoms in total. The minimum atomic E-state index is -3.76. The van der Waals surface area contributed by atoms with Gasteiger partial charge in [0.25, 0.3) is 15.9 Å². The Balaban J connectivity index is 2.30. The average molecular weight is 376 g/mol. The number of aryl methyl sites for hydroxylation is 2. The van der Waals surface area contributed by atoms with Crippen LogP contribution in [0.3, 0.4) is 0 Å². The third-order valence-corrected chi connectivity index (χ3v) is 5.56. The number of amides is 1.